The van der Waals surface area contributed by atoms with Crippen LogP contribution in [0, 0.1) is 0 Å². The van der Waals surface area contributed by atoms with Gasteiger partial charge in [0.05, 0.1) is 6.26 Å². The van der Waals surface area contributed by atoms with E-state index in [0.717, 1.165) is 6.40 Å². The molecule has 0 radical (unpaired) electrons. The average Bonchev–Trinajstić information content (AvgIpc) is 2.34. The standard InChI is InChI=1S/C5H6N2O2/c6-7-4-9-5-2-1-3-8-5/h1-4H,6H2. The van der Waals surface area contributed by atoms with Crippen LogP contribution in [0.15, 0.2) is 27.9 Å². The Kier molecular flexibility index (Phi) is 1.74. The number of hydrogen-bond acceptors (Lipinski definition) is 4. The van der Waals surface area contributed by atoms with Gasteiger partial charge < -0.3 is 15.0 Å². The normalized spacial score (nSPS) is 10.2. The van der Waals surface area contributed by atoms with Crippen LogP contribution in [-0.2, 0) is 0 Å². The molecule has 0 unspecified atom stereocenters. The molecule has 0 aliphatic heterocycles. The number of furan rings is 1. The van der Waals surface area contributed by atoms with E-state index >= 15 is 0 Å². The lowest BCUT2D eigenvalue weighted by molar-refractivity contribution is 0.391. The van der Waals surface area contributed by atoms with E-state index in [1.807, 2.05) is 0 Å². The second-order valence-corrected chi connectivity index (χ2v) is 1.30. The van der Waals surface area contributed by atoms with Crippen molar-refractivity contribution in [3.05, 3.63) is 18.4 Å². The Hall–Kier alpha value is -1.45. The number of hydrogen-bond donors (Lipinski definition) is 1. The summed E-state index contributed by atoms with van der Waals surface area (Å²) in [6.07, 6.45) is 2.60. The minimum Gasteiger partial charge on any atom is -0.434 e. The van der Waals surface area contributed by atoms with Crippen molar-refractivity contribution in [2.75, 3.05) is 0 Å². The van der Waals surface area contributed by atoms with Gasteiger partial charge in [-0.3, -0.25) is 0 Å². The Labute approximate surface area is 51.9 Å². The van der Waals surface area contributed by atoms with Gasteiger partial charge in [0.1, 0.15) is 0 Å². The maximum absolute atomic E-state index is 4.77. The molecule has 1 aromatic heterocycles. The number of nitrogens with two attached hydrogens (primary N) is 1. The van der Waals surface area contributed by atoms with Gasteiger partial charge >= 0.3 is 0 Å². The van der Waals surface area contributed by atoms with Crippen LogP contribution in [0.2, 0.25) is 0 Å². The van der Waals surface area contributed by atoms with Crippen molar-refractivity contribution in [2.24, 2.45) is 10.9 Å². The predicted octanol–water partition coefficient (Wildman–Crippen LogP) is 0.560. The minimum absolute atomic E-state index is 0.379. The van der Waals surface area contributed by atoms with E-state index in [2.05, 4.69) is 5.10 Å². The highest BCUT2D eigenvalue weighted by atomic mass is 16.6. The summed E-state index contributed by atoms with van der Waals surface area (Å²) < 4.78 is 9.48. The summed E-state index contributed by atoms with van der Waals surface area (Å²) in [5.41, 5.74) is 0. The Balaban J connectivity index is 2.48. The van der Waals surface area contributed by atoms with E-state index in [0.29, 0.717) is 5.95 Å². The Morgan fingerprint density at radius 1 is 1.78 bits per heavy atom. The molecule has 2 N–H and O–H groups in total. The number of nitrogens with zero attached hydrogens (tertiary/aromatic N) is 1. The maximum atomic E-state index is 4.77. The molecule has 0 aliphatic rings. The molecule has 0 saturated carbocycles. The first-order valence-corrected chi connectivity index (χ1v) is 2.35. The molecule has 0 bridgehead atoms. The minimum atomic E-state index is 0.379. The van der Waals surface area contributed by atoms with Gasteiger partial charge in [0.15, 0.2) is 0 Å². The lowest BCUT2D eigenvalue weighted by Crippen LogP contribution is -1.90. The van der Waals surface area contributed by atoms with E-state index < -0.39 is 0 Å². The van der Waals surface area contributed by atoms with Crippen molar-refractivity contribution in [1.29, 1.82) is 0 Å². The Bertz CT molecular complexity index is 181. The third kappa shape index (κ3) is 1.49. The first-order valence-electron chi connectivity index (χ1n) is 2.35. The van der Waals surface area contributed by atoms with Gasteiger partial charge in [0, 0.05) is 6.07 Å². The quantitative estimate of drug-likeness (QED) is 0.272. The van der Waals surface area contributed by atoms with Crippen molar-refractivity contribution < 1.29 is 9.15 Å². The van der Waals surface area contributed by atoms with Crippen molar-refractivity contribution in [3.63, 3.8) is 0 Å². The molecule has 1 aromatic rings. The molecule has 4 nitrogen and oxygen atoms in total. The number of ether oxygens (including phenoxy) is 1. The Morgan fingerprint density at radius 2 is 2.67 bits per heavy atom. The molecular formula is C5H6N2O2. The molecule has 48 valence electrons. The van der Waals surface area contributed by atoms with E-state index in [1.54, 1.807) is 12.1 Å². The summed E-state index contributed by atoms with van der Waals surface area (Å²) in [7, 11) is 0. The average molecular weight is 126 g/mol. The van der Waals surface area contributed by atoms with Gasteiger partial charge in [-0.25, -0.2) is 0 Å². The van der Waals surface area contributed by atoms with Crippen LogP contribution in [0.3, 0.4) is 0 Å². The van der Waals surface area contributed by atoms with Gasteiger partial charge in [-0.15, -0.1) is 0 Å². The molecule has 0 spiro atoms. The molecule has 0 fully saturated rings. The maximum Gasteiger partial charge on any atom is 0.290 e. The van der Waals surface area contributed by atoms with E-state index in [1.165, 1.54) is 6.26 Å². The molecule has 1 rings (SSSR count). The molecule has 4 heteroatoms. The topological polar surface area (TPSA) is 60.8 Å². The van der Waals surface area contributed by atoms with Gasteiger partial charge in [-0.2, -0.15) is 5.10 Å². The smallest absolute Gasteiger partial charge is 0.290 e. The highest BCUT2D eigenvalue weighted by Gasteiger charge is 1.88. The van der Waals surface area contributed by atoms with Crippen LogP contribution in [0.4, 0.5) is 0 Å². The lowest BCUT2D eigenvalue weighted by Gasteiger charge is -1.87. The molecule has 0 saturated heterocycles. The molecule has 9 heavy (non-hydrogen) atoms. The second-order valence-electron chi connectivity index (χ2n) is 1.30. The fraction of sp³-hybridized carbons (Fsp3) is 0. The van der Waals surface area contributed by atoms with Gasteiger partial charge in [0.25, 0.3) is 5.95 Å². The zero-order chi connectivity index (χ0) is 6.53. The van der Waals surface area contributed by atoms with Crippen molar-refractivity contribution in [1.82, 2.24) is 0 Å². The first kappa shape index (κ1) is 5.68. The van der Waals surface area contributed by atoms with Crippen LogP contribution >= 0.6 is 0 Å². The highest BCUT2D eigenvalue weighted by molar-refractivity contribution is 5.49. The van der Waals surface area contributed by atoms with Gasteiger partial charge in [0.2, 0.25) is 6.40 Å². The van der Waals surface area contributed by atoms with E-state index in [9.17, 15) is 0 Å². The second kappa shape index (κ2) is 2.76. The van der Waals surface area contributed by atoms with Gasteiger partial charge in [-0.1, -0.05) is 0 Å². The number of hydrazone groups is 1. The predicted molar refractivity (Wildman–Crippen MR) is 32.0 cm³/mol. The Morgan fingerprint density at radius 3 is 3.22 bits per heavy atom. The fourth-order valence-electron chi connectivity index (χ4n) is 0.413. The summed E-state index contributed by atoms with van der Waals surface area (Å²) in [6.45, 7) is 0. The summed E-state index contributed by atoms with van der Waals surface area (Å²) in [4.78, 5) is 0. The summed E-state index contributed by atoms with van der Waals surface area (Å²) in [5.74, 6) is 5.13. The number of rotatable bonds is 2. The highest BCUT2D eigenvalue weighted by Crippen LogP contribution is 2.07. The first-order chi connectivity index (χ1) is 4.43. The van der Waals surface area contributed by atoms with Crippen molar-refractivity contribution in [3.8, 4) is 5.95 Å². The van der Waals surface area contributed by atoms with E-state index in [4.69, 9.17) is 15.0 Å². The fourth-order valence-corrected chi connectivity index (χ4v) is 0.413. The van der Waals surface area contributed by atoms with Crippen LogP contribution in [-0.4, -0.2) is 6.40 Å². The molecule has 0 atom stereocenters. The van der Waals surface area contributed by atoms with Crippen molar-refractivity contribution >= 4 is 6.40 Å². The molecule has 0 aliphatic carbocycles. The SMILES string of the molecule is NN=COc1ccco1. The molecular weight excluding hydrogens is 120 g/mol. The third-order valence-electron chi connectivity index (χ3n) is 0.725. The van der Waals surface area contributed by atoms with Crippen molar-refractivity contribution in [2.45, 2.75) is 0 Å². The lowest BCUT2D eigenvalue weighted by atomic mass is 10.7. The molecule has 0 amide bonds. The van der Waals surface area contributed by atoms with Gasteiger partial charge in [-0.05, 0) is 6.07 Å². The third-order valence-corrected chi connectivity index (χ3v) is 0.725. The summed E-state index contributed by atoms with van der Waals surface area (Å²) in [6, 6.07) is 3.36. The zero-order valence-corrected chi connectivity index (χ0v) is 4.65. The summed E-state index contributed by atoms with van der Waals surface area (Å²) >= 11 is 0. The summed E-state index contributed by atoms with van der Waals surface area (Å²) in [5, 5.41) is 3.10. The van der Waals surface area contributed by atoms with Crippen LogP contribution in [0.25, 0.3) is 0 Å². The monoisotopic (exact) mass is 126 g/mol. The van der Waals surface area contributed by atoms with Crippen LogP contribution < -0.4 is 10.6 Å². The molecule has 1 heterocycles. The van der Waals surface area contributed by atoms with E-state index in [-0.39, 0.29) is 0 Å². The van der Waals surface area contributed by atoms with Crippen LogP contribution in [0.1, 0.15) is 0 Å². The van der Waals surface area contributed by atoms with Crippen LogP contribution in [0.5, 0.6) is 5.95 Å². The largest absolute Gasteiger partial charge is 0.434 e. The zero-order valence-electron chi connectivity index (χ0n) is 4.65. The molecule has 0 aromatic carbocycles.